The van der Waals surface area contributed by atoms with E-state index in [9.17, 15) is 4.39 Å². The molecule has 0 saturated heterocycles. The van der Waals surface area contributed by atoms with E-state index in [1.165, 1.54) is 0 Å². The summed E-state index contributed by atoms with van der Waals surface area (Å²) in [5.41, 5.74) is 1.10. The van der Waals surface area contributed by atoms with Crippen molar-refractivity contribution in [1.29, 1.82) is 0 Å². The first-order chi connectivity index (χ1) is 9.16. The standard InChI is InChI=1S/C15H10ClFN2/c1-9-13(17)14(16)19-15(18-9)12-8-4-6-10-5-2-3-7-11(10)12/h2-8H,1H3. The second-order valence-corrected chi connectivity index (χ2v) is 4.62. The van der Waals surface area contributed by atoms with E-state index in [0.29, 0.717) is 5.82 Å². The summed E-state index contributed by atoms with van der Waals surface area (Å²) in [6, 6.07) is 13.8. The molecule has 0 N–H and O–H groups in total. The van der Waals surface area contributed by atoms with Crippen molar-refractivity contribution in [1.82, 2.24) is 9.97 Å². The number of aryl methyl sites for hydroxylation is 1. The topological polar surface area (TPSA) is 25.8 Å². The van der Waals surface area contributed by atoms with Gasteiger partial charge >= 0.3 is 0 Å². The minimum absolute atomic E-state index is 0.143. The van der Waals surface area contributed by atoms with E-state index >= 15 is 0 Å². The largest absolute Gasteiger partial charge is 0.230 e. The summed E-state index contributed by atoms with van der Waals surface area (Å²) in [6.45, 7) is 1.58. The lowest BCUT2D eigenvalue weighted by Crippen LogP contribution is -1.97. The fraction of sp³-hybridized carbons (Fsp3) is 0.0667. The summed E-state index contributed by atoms with van der Waals surface area (Å²) in [4.78, 5) is 8.22. The van der Waals surface area contributed by atoms with Gasteiger partial charge in [-0.2, -0.15) is 0 Å². The average molecular weight is 273 g/mol. The smallest absolute Gasteiger partial charge is 0.181 e. The number of aromatic nitrogens is 2. The van der Waals surface area contributed by atoms with Crippen LogP contribution in [-0.4, -0.2) is 9.97 Å². The van der Waals surface area contributed by atoms with Crippen molar-refractivity contribution in [3.05, 3.63) is 59.1 Å². The summed E-state index contributed by atoms with van der Waals surface area (Å²) < 4.78 is 13.5. The van der Waals surface area contributed by atoms with Crippen molar-refractivity contribution >= 4 is 22.4 Å². The van der Waals surface area contributed by atoms with Crippen LogP contribution in [0.5, 0.6) is 0 Å². The molecule has 2 aromatic carbocycles. The molecule has 1 heterocycles. The summed E-state index contributed by atoms with van der Waals surface area (Å²) in [5, 5.41) is 1.96. The van der Waals surface area contributed by atoms with Gasteiger partial charge in [-0.1, -0.05) is 54.1 Å². The van der Waals surface area contributed by atoms with Crippen LogP contribution in [-0.2, 0) is 0 Å². The maximum Gasteiger partial charge on any atom is 0.181 e. The maximum atomic E-state index is 13.5. The van der Waals surface area contributed by atoms with Crippen molar-refractivity contribution in [2.45, 2.75) is 6.92 Å². The molecule has 0 saturated carbocycles. The van der Waals surface area contributed by atoms with Gasteiger partial charge in [0.15, 0.2) is 16.8 Å². The molecule has 1 aromatic heterocycles. The summed E-state index contributed by atoms with van der Waals surface area (Å²) >= 11 is 5.79. The number of hydrogen-bond donors (Lipinski definition) is 0. The van der Waals surface area contributed by atoms with Crippen molar-refractivity contribution in [2.24, 2.45) is 0 Å². The summed E-state index contributed by atoms with van der Waals surface area (Å²) in [6.07, 6.45) is 0. The molecule has 4 heteroatoms. The predicted octanol–water partition coefficient (Wildman–Crippen LogP) is 4.40. The molecule has 94 valence electrons. The third-order valence-electron chi connectivity index (χ3n) is 3.01. The molecule has 0 aliphatic carbocycles. The number of nitrogens with zero attached hydrogens (tertiary/aromatic N) is 2. The third-order valence-corrected chi connectivity index (χ3v) is 3.26. The van der Waals surface area contributed by atoms with Gasteiger partial charge in [-0.3, -0.25) is 0 Å². The Morgan fingerprint density at radius 3 is 2.53 bits per heavy atom. The number of rotatable bonds is 1. The van der Waals surface area contributed by atoms with Crippen LogP contribution in [0.4, 0.5) is 4.39 Å². The van der Waals surface area contributed by atoms with E-state index in [4.69, 9.17) is 11.6 Å². The molecule has 0 unspecified atom stereocenters. The molecule has 0 bridgehead atoms. The molecule has 19 heavy (non-hydrogen) atoms. The van der Waals surface area contributed by atoms with Gasteiger partial charge in [0, 0.05) is 5.56 Å². The fourth-order valence-electron chi connectivity index (χ4n) is 2.07. The average Bonchev–Trinajstić information content (AvgIpc) is 2.43. The first-order valence-electron chi connectivity index (χ1n) is 5.84. The van der Waals surface area contributed by atoms with E-state index in [-0.39, 0.29) is 10.8 Å². The molecule has 0 aliphatic heterocycles. The van der Waals surface area contributed by atoms with Crippen molar-refractivity contribution in [2.75, 3.05) is 0 Å². The molecular formula is C15H10ClFN2. The Morgan fingerprint density at radius 2 is 1.74 bits per heavy atom. The van der Waals surface area contributed by atoms with Crippen molar-refractivity contribution in [3.63, 3.8) is 0 Å². The summed E-state index contributed by atoms with van der Waals surface area (Å²) in [7, 11) is 0. The van der Waals surface area contributed by atoms with Crippen LogP contribution in [0.15, 0.2) is 42.5 Å². The van der Waals surface area contributed by atoms with Gasteiger partial charge in [0.2, 0.25) is 0 Å². The molecule has 3 aromatic rings. The summed E-state index contributed by atoms with van der Waals surface area (Å²) in [5.74, 6) is -0.119. The van der Waals surface area contributed by atoms with E-state index in [1.54, 1.807) is 6.92 Å². The van der Waals surface area contributed by atoms with Crippen molar-refractivity contribution < 1.29 is 4.39 Å². The minimum atomic E-state index is -0.564. The second-order valence-electron chi connectivity index (χ2n) is 4.26. The molecule has 0 aliphatic rings. The fourth-order valence-corrected chi connectivity index (χ4v) is 2.28. The highest BCUT2D eigenvalue weighted by Crippen LogP contribution is 2.27. The minimum Gasteiger partial charge on any atom is -0.230 e. The van der Waals surface area contributed by atoms with Crippen LogP contribution < -0.4 is 0 Å². The Labute approximate surface area is 114 Å². The van der Waals surface area contributed by atoms with Gasteiger partial charge in [-0.15, -0.1) is 0 Å². The van der Waals surface area contributed by atoms with Gasteiger partial charge in [0.25, 0.3) is 0 Å². The quantitative estimate of drug-likeness (QED) is 0.614. The van der Waals surface area contributed by atoms with Crippen LogP contribution in [0.3, 0.4) is 0 Å². The van der Waals surface area contributed by atoms with E-state index < -0.39 is 5.82 Å². The molecule has 0 atom stereocenters. The number of benzene rings is 2. The predicted molar refractivity (Wildman–Crippen MR) is 74.7 cm³/mol. The first kappa shape index (κ1) is 12.1. The Kier molecular flexibility index (Phi) is 2.91. The highest BCUT2D eigenvalue weighted by molar-refractivity contribution is 6.29. The number of fused-ring (bicyclic) bond motifs is 1. The van der Waals surface area contributed by atoms with Crippen LogP contribution in [0.1, 0.15) is 5.69 Å². The van der Waals surface area contributed by atoms with Crippen LogP contribution in [0.2, 0.25) is 5.15 Å². The molecular weight excluding hydrogens is 263 g/mol. The molecule has 3 rings (SSSR count). The molecule has 0 spiro atoms. The monoisotopic (exact) mass is 272 g/mol. The van der Waals surface area contributed by atoms with E-state index in [2.05, 4.69) is 9.97 Å². The lowest BCUT2D eigenvalue weighted by molar-refractivity contribution is 0.603. The molecule has 0 amide bonds. The zero-order chi connectivity index (χ0) is 13.4. The van der Waals surface area contributed by atoms with Gasteiger partial charge in [0.05, 0.1) is 5.69 Å². The van der Waals surface area contributed by atoms with E-state index in [1.807, 2.05) is 42.5 Å². The van der Waals surface area contributed by atoms with Gasteiger partial charge in [-0.25, -0.2) is 14.4 Å². The normalized spacial score (nSPS) is 10.9. The Hall–Kier alpha value is -2.00. The van der Waals surface area contributed by atoms with Gasteiger partial charge < -0.3 is 0 Å². The van der Waals surface area contributed by atoms with Crippen LogP contribution in [0.25, 0.3) is 22.2 Å². The highest BCUT2D eigenvalue weighted by atomic mass is 35.5. The second kappa shape index (κ2) is 4.59. The maximum absolute atomic E-state index is 13.5. The Morgan fingerprint density at radius 1 is 1.00 bits per heavy atom. The highest BCUT2D eigenvalue weighted by Gasteiger charge is 2.12. The zero-order valence-electron chi connectivity index (χ0n) is 10.2. The molecule has 2 nitrogen and oxygen atoms in total. The molecule has 0 fully saturated rings. The number of halogens is 2. The number of hydrogen-bond acceptors (Lipinski definition) is 2. The molecule has 0 radical (unpaired) electrons. The Balaban J connectivity index is 2.31. The van der Waals surface area contributed by atoms with Gasteiger partial charge in [0.1, 0.15) is 0 Å². The first-order valence-corrected chi connectivity index (χ1v) is 6.22. The zero-order valence-corrected chi connectivity index (χ0v) is 10.9. The van der Waals surface area contributed by atoms with E-state index in [0.717, 1.165) is 16.3 Å². The Bertz CT molecular complexity index is 743. The lowest BCUT2D eigenvalue weighted by Gasteiger charge is -2.07. The third kappa shape index (κ3) is 2.06. The van der Waals surface area contributed by atoms with Crippen molar-refractivity contribution in [3.8, 4) is 11.4 Å². The van der Waals surface area contributed by atoms with Crippen LogP contribution >= 0.6 is 11.6 Å². The SMILES string of the molecule is Cc1nc(-c2cccc3ccccc23)nc(Cl)c1F. The van der Waals surface area contributed by atoms with Gasteiger partial charge in [-0.05, 0) is 17.7 Å². The van der Waals surface area contributed by atoms with Crippen LogP contribution in [0, 0.1) is 12.7 Å². The lowest BCUT2D eigenvalue weighted by atomic mass is 10.0.